The summed E-state index contributed by atoms with van der Waals surface area (Å²) in [7, 11) is -1.97. The number of likely N-dealkylation sites (N-methyl/N-ethyl adjacent to an activating group) is 1. The Morgan fingerprint density at radius 2 is 2.00 bits per heavy atom. The molecule has 2 N–H and O–H groups in total. The van der Waals surface area contributed by atoms with Crippen molar-refractivity contribution >= 4 is 21.5 Å². The summed E-state index contributed by atoms with van der Waals surface area (Å²) < 4.78 is 27.3. The standard InChI is InChI=1S/C16H20N4O2S/c1-20(14-9-11-17-12-14)23(21,22)15-8-5-10-18-16(15)19-13-6-3-2-4-7-13/h2-8,10,14,17H,9,11-12H2,1H3,(H,18,19)/t14-/m0/s1. The smallest absolute Gasteiger partial charge is 0.246 e. The Hall–Kier alpha value is -1.96. The molecule has 1 aromatic carbocycles. The van der Waals surface area contributed by atoms with Gasteiger partial charge in [-0.15, -0.1) is 0 Å². The van der Waals surface area contributed by atoms with Gasteiger partial charge in [0.2, 0.25) is 10.0 Å². The first-order valence-corrected chi connectivity index (χ1v) is 8.99. The average Bonchev–Trinajstić information content (AvgIpc) is 3.10. The lowest BCUT2D eigenvalue weighted by Crippen LogP contribution is -2.38. The maximum absolute atomic E-state index is 12.9. The Kier molecular flexibility index (Phi) is 4.61. The molecule has 2 aromatic rings. The number of nitrogens with zero attached hydrogens (tertiary/aromatic N) is 2. The van der Waals surface area contributed by atoms with Crippen molar-refractivity contribution in [3.8, 4) is 0 Å². The van der Waals surface area contributed by atoms with E-state index in [9.17, 15) is 8.42 Å². The molecule has 1 atom stereocenters. The fraction of sp³-hybridized carbons (Fsp3) is 0.312. The molecule has 23 heavy (non-hydrogen) atoms. The van der Waals surface area contributed by atoms with Gasteiger partial charge in [-0.3, -0.25) is 0 Å². The summed E-state index contributed by atoms with van der Waals surface area (Å²) in [5.74, 6) is 0.344. The monoisotopic (exact) mass is 332 g/mol. The van der Waals surface area contributed by atoms with Crippen molar-refractivity contribution < 1.29 is 8.42 Å². The van der Waals surface area contributed by atoms with Crippen molar-refractivity contribution in [2.24, 2.45) is 0 Å². The number of hydrogen-bond acceptors (Lipinski definition) is 5. The molecule has 0 aliphatic carbocycles. The maximum Gasteiger partial charge on any atom is 0.246 e. The van der Waals surface area contributed by atoms with Crippen molar-refractivity contribution in [2.45, 2.75) is 17.4 Å². The quantitative estimate of drug-likeness (QED) is 0.873. The molecule has 0 amide bonds. The largest absolute Gasteiger partial charge is 0.339 e. The number of sulfonamides is 1. The fourth-order valence-electron chi connectivity index (χ4n) is 2.65. The minimum absolute atomic E-state index is 0.0234. The van der Waals surface area contributed by atoms with E-state index in [1.54, 1.807) is 25.4 Å². The minimum Gasteiger partial charge on any atom is -0.339 e. The third kappa shape index (κ3) is 3.36. The highest BCUT2D eigenvalue weighted by molar-refractivity contribution is 7.89. The van der Waals surface area contributed by atoms with E-state index in [1.807, 2.05) is 30.3 Å². The second-order valence-corrected chi connectivity index (χ2v) is 7.47. The Labute approximate surface area is 136 Å². The van der Waals surface area contributed by atoms with Crippen LogP contribution in [0, 0.1) is 0 Å². The van der Waals surface area contributed by atoms with Crippen LogP contribution in [0.2, 0.25) is 0 Å². The van der Waals surface area contributed by atoms with Crippen molar-refractivity contribution in [1.29, 1.82) is 0 Å². The van der Waals surface area contributed by atoms with E-state index in [0.717, 1.165) is 18.7 Å². The summed E-state index contributed by atoms with van der Waals surface area (Å²) in [5, 5.41) is 6.29. The summed E-state index contributed by atoms with van der Waals surface area (Å²) >= 11 is 0. The van der Waals surface area contributed by atoms with Gasteiger partial charge in [-0.1, -0.05) is 18.2 Å². The molecule has 1 fully saturated rings. The Bertz CT molecular complexity index is 759. The van der Waals surface area contributed by atoms with Gasteiger partial charge in [-0.2, -0.15) is 4.31 Å². The first kappa shape index (κ1) is 15.9. The van der Waals surface area contributed by atoms with Gasteiger partial charge in [0.05, 0.1) is 0 Å². The van der Waals surface area contributed by atoms with Crippen LogP contribution in [-0.2, 0) is 10.0 Å². The highest BCUT2D eigenvalue weighted by atomic mass is 32.2. The predicted molar refractivity (Wildman–Crippen MR) is 90.2 cm³/mol. The van der Waals surface area contributed by atoms with E-state index in [2.05, 4.69) is 15.6 Å². The third-order valence-corrected chi connectivity index (χ3v) is 5.95. The summed E-state index contributed by atoms with van der Waals surface area (Å²) in [5.41, 5.74) is 0.799. The number of para-hydroxylation sites is 1. The van der Waals surface area contributed by atoms with Crippen molar-refractivity contribution in [3.63, 3.8) is 0 Å². The van der Waals surface area contributed by atoms with E-state index in [-0.39, 0.29) is 10.9 Å². The van der Waals surface area contributed by atoms with Gasteiger partial charge in [-0.05, 0) is 37.2 Å². The first-order valence-electron chi connectivity index (χ1n) is 7.55. The highest BCUT2D eigenvalue weighted by Gasteiger charge is 2.31. The molecule has 0 radical (unpaired) electrons. The van der Waals surface area contributed by atoms with Crippen LogP contribution in [0.3, 0.4) is 0 Å². The minimum atomic E-state index is -3.60. The number of benzene rings is 1. The van der Waals surface area contributed by atoms with Gasteiger partial charge < -0.3 is 10.6 Å². The second kappa shape index (κ2) is 6.66. The zero-order valence-electron chi connectivity index (χ0n) is 12.9. The molecule has 0 spiro atoms. The molecule has 0 unspecified atom stereocenters. The van der Waals surface area contributed by atoms with Gasteiger partial charge in [0, 0.05) is 31.5 Å². The Balaban J connectivity index is 1.92. The van der Waals surface area contributed by atoms with E-state index >= 15 is 0 Å². The van der Waals surface area contributed by atoms with Gasteiger partial charge >= 0.3 is 0 Å². The lowest BCUT2D eigenvalue weighted by Gasteiger charge is -2.24. The fourth-order valence-corrected chi connectivity index (χ4v) is 4.13. The number of anilines is 2. The van der Waals surface area contributed by atoms with E-state index in [4.69, 9.17) is 0 Å². The Morgan fingerprint density at radius 1 is 1.22 bits per heavy atom. The molecule has 1 aliphatic rings. The predicted octanol–water partition coefficient (Wildman–Crippen LogP) is 1.81. The number of pyridine rings is 1. The molecule has 7 heteroatoms. The second-order valence-electron chi connectivity index (χ2n) is 5.51. The molecule has 1 aromatic heterocycles. The van der Waals surface area contributed by atoms with Gasteiger partial charge in [0.1, 0.15) is 4.90 Å². The molecule has 2 heterocycles. The normalized spacial score (nSPS) is 18.3. The topological polar surface area (TPSA) is 74.3 Å². The van der Waals surface area contributed by atoms with Crippen molar-refractivity contribution in [3.05, 3.63) is 48.7 Å². The molecular weight excluding hydrogens is 312 g/mol. The zero-order valence-corrected chi connectivity index (χ0v) is 13.8. The molecule has 1 saturated heterocycles. The van der Waals surface area contributed by atoms with Crippen LogP contribution in [0.5, 0.6) is 0 Å². The van der Waals surface area contributed by atoms with E-state index in [1.165, 1.54) is 4.31 Å². The lowest BCUT2D eigenvalue weighted by molar-refractivity contribution is 0.388. The van der Waals surface area contributed by atoms with Gasteiger partial charge in [0.25, 0.3) is 0 Å². The average molecular weight is 332 g/mol. The van der Waals surface area contributed by atoms with Gasteiger partial charge in [0.15, 0.2) is 5.82 Å². The van der Waals surface area contributed by atoms with Crippen LogP contribution < -0.4 is 10.6 Å². The van der Waals surface area contributed by atoms with Crippen molar-refractivity contribution in [1.82, 2.24) is 14.6 Å². The van der Waals surface area contributed by atoms with Crippen LogP contribution in [0.1, 0.15) is 6.42 Å². The molecule has 0 saturated carbocycles. The number of rotatable bonds is 5. The number of nitrogens with one attached hydrogen (secondary N) is 2. The molecule has 6 nitrogen and oxygen atoms in total. The maximum atomic E-state index is 12.9. The molecule has 3 rings (SSSR count). The summed E-state index contributed by atoms with van der Waals surface area (Å²) in [6.45, 7) is 1.52. The van der Waals surface area contributed by atoms with Crippen LogP contribution in [-0.4, -0.2) is 43.9 Å². The van der Waals surface area contributed by atoms with Crippen molar-refractivity contribution in [2.75, 3.05) is 25.5 Å². The highest BCUT2D eigenvalue weighted by Crippen LogP contribution is 2.26. The summed E-state index contributed by atoms with van der Waals surface area (Å²) in [4.78, 5) is 4.41. The molecule has 1 aliphatic heterocycles. The van der Waals surface area contributed by atoms with E-state index < -0.39 is 10.0 Å². The van der Waals surface area contributed by atoms with Crippen LogP contribution in [0.4, 0.5) is 11.5 Å². The number of aromatic nitrogens is 1. The molecule has 0 bridgehead atoms. The molecular formula is C16H20N4O2S. The SMILES string of the molecule is CN([C@H]1CCNC1)S(=O)(=O)c1cccnc1Nc1ccccc1. The van der Waals surface area contributed by atoms with Crippen LogP contribution in [0.15, 0.2) is 53.6 Å². The van der Waals surface area contributed by atoms with Crippen LogP contribution in [0.25, 0.3) is 0 Å². The summed E-state index contributed by atoms with van der Waals surface area (Å²) in [6.07, 6.45) is 2.40. The summed E-state index contributed by atoms with van der Waals surface area (Å²) in [6, 6.07) is 12.6. The molecule has 122 valence electrons. The third-order valence-electron chi connectivity index (χ3n) is 4.01. The van der Waals surface area contributed by atoms with Crippen LogP contribution >= 0.6 is 0 Å². The van der Waals surface area contributed by atoms with E-state index in [0.29, 0.717) is 12.4 Å². The Morgan fingerprint density at radius 3 is 2.70 bits per heavy atom. The number of hydrogen-bond donors (Lipinski definition) is 2. The first-order chi connectivity index (χ1) is 11.1. The zero-order chi connectivity index (χ0) is 16.3. The van der Waals surface area contributed by atoms with Gasteiger partial charge in [-0.25, -0.2) is 13.4 Å². The lowest BCUT2D eigenvalue weighted by atomic mass is 10.3.